The van der Waals surface area contributed by atoms with Gasteiger partial charge in [0.25, 0.3) is 0 Å². The molecule has 2 aromatic heterocycles. The molecular formula is C48H32N2O. The second-order valence-corrected chi connectivity index (χ2v) is 13.6. The molecule has 3 nitrogen and oxygen atoms in total. The normalized spacial score (nSPS) is 15.4. The third kappa shape index (κ3) is 4.25. The van der Waals surface area contributed by atoms with Crippen molar-refractivity contribution in [2.75, 3.05) is 4.90 Å². The minimum Gasteiger partial charge on any atom is -0.456 e. The Morgan fingerprint density at radius 2 is 1.24 bits per heavy atom. The summed E-state index contributed by atoms with van der Waals surface area (Å²) in [6.07, 6.45) is 5.81. The van der Waals surface area contributed by atoms with Gasteiger partial charge in [-0.05, 0) is 101 Å². The van der Waals surface area contributed by atoms with Gasteiger partial charge in [0.15, 0.2) is 0 Å². The van der Waals surface area contributed by atoms with Gasteiger partial charge >= 0.3 is 0 Å². The van der Waals surface area contributed by atoms with Gasteiger partial charge in [-0.3, -0.25) is 0 Å². The zero-order chi connectivity index (χ0) is 33.5. The van der Waals surface area contributed by atoms with E-state index in [4.69, 9.17) is 4.42 Å². The minimum absolute atomic E-state index is 0.284. The number of rotatable bonds is 4. The monoisotopic (exact) mass is 652 g/mol. The number of anilines is 2. The van der Waals surface area contributed by atoms with Gasteiger partial charge in [-0.2, -0.15) is 0 Å². The molecule has 0 saturated heterocycles. The van der Waals surface area contributed by atoms with Crippen LogP contribution in [0.5, 0.6) is 0 Å². The third-order valence-electron chi connectivity index (χ3n) is 10.9. The molecule has 2 aliphatic rings. The molecule has 7 aromatic carbocycles. The van der Waals surface area contributed by atoms with Gasteiger partial charge in [-0.15, -0.1) is 0 Å². The van der Waals surface area contributed by atoms with E-state index in [0.29, 0.717) is 0 Å². The van der Waals surface area contributed by atoms with E-state index >= 15 is 0 Å². The van der Waals surface area contributed by atoms with E-state index in [0.717, 1.165) is 34.0 Å². The molecule has 3 heteroatoms. The van der Waals surface area contributed by atoms with Gasteiger partial charge in [0.1, 0.15) is 11.2 Å². The Labute approximate surface area is 295 Å². The van der Waals surface area contributed by atoms with Gasteiger partial charge in [-0.25, -0.2) is 0 Å². The highest BCUT2D eigenvalue weighted by Crippen LogP contribution is 2.49. The zero-order valence-corrected chi connectivity index (χ0v) is 27.8. The lowest BCUT2D eigenvalue weighted by Crippen LogP contribution is -2.27. The summed E-state index contributed by atoms with van der Waals surface area (Å²) in [5, 5.41) is 4.75. The van der Waals surface area contributed by atoms with E-state index in [9.17, 15) is 0 Å². The van der Waals surface area contributed by atoms with Crippen LogP contribution in [0.2, 0.25) is 0 Å². The molecular weight excluding hydrogens is 621 g/mol. The first kappa shape index (κ1) is 28.3. The summed E-state index contributed by atoms with van der Waals surface area (Å²) >= 11 is 0. The molecule has 0 saturated carbocycles. The lowest BCUT2D eigenvalue weighted by Gasteiger charge is -2.29. The fraction of sp³-hybridized carbons (Fsp3) is 0.0417. The number of aromatic nitrogens is 1. The highest BCUT2D eigenvalue weighted by Gasteiger charge is 2.35. The van der Waals surface area contributed by atoms with Crippen LogP contribution in [0.25, 0.3) is 71.7 Å². The second kappa shape index (κ2) is 11.0. The first-order valence-electron chi connectivity index (χ1n) is 17.7. The van der Waals surface area contributed by atoms with Crippen LogP contribution in [-0.4, -0.2) is 10.6 Å². The zero-order valence-electron chi connectivity index (χ0n) is 27.8. The molecule has 1 atom stereocenters. The average Bonchev–Trinajstić information content (AvgIpc) is 3.85. The number of allylic oxidation sites excluding steroid dienone is 2. The molecule has 51 heavy (non-hydrogen) atoms. The molecule has 0 radical (unpaired) electrons. The lowest BCUT2D eigenvalue weighted by molar-refractivity contribution is 0.669. The van der Waals surface area contributed by atoms with Gasteiger partial charge < -0.3 is 13.9 Å². The SMILES string of the molecule is C1=C(c2ccc3c(c2)c2ccccc2n3-c2cccc3oc4ccc(-c5ccccc5)cc4c23)C=C2c3ccccc3N(c3ccccc3)C2C1. The Bertz CT molecular complexity index is 2890. The molecule has 1 aliphatic heterocycles. The standard InChI is InChI=1S/C48H32N2O/c1-3-12-31(13-4-1)32-24-27-46-40(30-32)48-45(20-11-21-47(48)51-46)50-42-19-10-8-17-37(42)39-29-34(23-26-44(39)50)33-22-25-43-38(28-33)36-16-7-9-18-41(36)49(43)35-14-5-2-6-15-35/h1-24,26-30,43H,25H2. The molecule has 240 valence electrons. The van der Waals surface area contributed by atoms with Crippen molar-refractivity contribution in [1.29, 1.82) is 0 Å². The van der Waals surface area contributed by atoms with Crippen molar-refractivity contribution in [3.8, 4) is 16.8 Å². The Morgan fingerprint density at radius 1 is 0.510 bits per heavy atom. The van der Waals surface area contributed by atoms with Crippen LogP contribution >= 0.6 is 0 Å². The van der Waals surface area contributed by atoms with E-state index in [2.05, 4.69) is 185 Å². The van der Waals surface area contributed by atoms with Gasteiger partial charge in [0.2, 0.25) is 0 Å². The fourth-order valence-electron chi connectivity index (χ4n) is 8.61. The number of benzene rings is 7. The van der Waals surface area contributed by atoms with Crippen LogP contribution in [0.4, 0.5) is 11.4 Å². The van der Waals surface area contributed by atoms with Crippen LogP contribution < -0.4 is 4.90 Å². The van der Waals surface area contributed by atoms with Crippen molar-refractivity contribution in [3.63, 3.8) is 0 Å². The van der Waals surface area contributed by atoms with Gasteiger partial charge in [0.05, 0.1) is 28.1 Å². The largest absolute Gasteiger partial charge is 0.456 e. The van der Waals surface area contributed by atoms with Crippen molar-refractivity contribution in [2.24, 2.45) is 0 Å². The van der Waals surface area contributed by atoms with Gasteiger partial charge in [-0.1, -0.05) is 109 Å². The summed E-state index contributed by atoms with van der Waals surface area (Å²) < 4.78 is 8.90. The van der Waals surface area contributed by atoms with Crippen molar-refractivity contribution < 1.29 is 4.42 Å². The van der Waals surface area contributed by atoms with Crippen molar-refractivity contribution in [2.45, 2.75) is 12.5 Å². The molecule has 1 unspecified atom stereocenters. The Hall–Kier alpha value is -6.58. The Kier molecular flexibility index (Phi) is 6.08. The maximum atomic E-state index is 6.47. The van der Waals surface area contributed by atoms with Crippen molar-refractivity contribution in [1.82, 2.24) is 4.57 Å². The summed E-state index contributed by atoms with van der Waals surface area (Å²) in [4.78, 5) is 2.51. The summed E-state index contributed by atoms with van der Waals surface area (Å²) in [7, 11) is 0. The molecule has 3 heterocycles. The minimum atomic E-state index is 0.284. The van der Waals surface area contributed by atoms with Crippen LogP contribution in [-0.2, 0) is 0 Å². The topological polar surface area (TPSA) is 21.3 Å². The molecule has 0 spiro atoms. The number of hydrogen-bond acceptors (Lipinski definition) is 2. The molecule has 0 bridgehead atoms. The van der Waals surface area contributed by atoms with E-state index < -0.39 is 0 Å². The maximum Gasteiger partial charge on any atom is 0.137 e. The van der Waals surface area contributed by atoms with Crippen LogP contribution in [0.1, 0.15) is 17.5 Å². The van der Waals surface area contributed by atoms with Crippen molar-refractivity contribution in [3.05, 3.63) is 187 Å². The summed E-state index contributed by atoms with van der Waals surface area (Å²) in [5.41, 5.74) is 15.4. The maximum absolute atomic E-state index is 6.47. The summed E-state index contributed by atoms with van der Waals surface area (Å²) in [5.74, 6) is 0. The van der Waals surface area contributed by atoms with Gasteiger partial charge in [0, 0.05) is 33.1 Å². The molecule has 0 amide bonds. The number of furan rings is 1. The second-order valence-electron chi connectivity index (χ2n) is 13.6. The fourth-order valence-corrected chi connectivity index (χ4v) is 8.61. The van der Waals surface area contributed by atoms with Crippen molar-refractivity contribution >= 4 is 66.3 Å². The summed E-state index contributed by atoms with van der Waals surface area (Å²) in [6.45, 7) is 0. The number of para-hydroxylation sites is 3. The number of nitrogens with zero attached hydrogens (tertiary/aromatic N) is 2. The lowest BCUT2D eigenvalue weighted by atomic mass is 9.89. The van der Waals surface area contributed by atoms with E-state index in [1.54, 1.807) is 0 Å². The van der Waals surface area contributed by atoms with Crippen LogP contribution in [0.15, 0.2) is 180 Å². The smallest absolute Gasteiger partial charge is 0.137 e. The highest BCUT2D eigenvalue weighted by molar-refractivity contribution is 6.15. The molecule has 0 fully saturated rings. The number of fused-ring (bicyclic) bond motifs is 9. The highest BCUT2D eigenvalue weighted by atomic mass is 16.3. The predicted octanol–water partition coefficient (Wildman–Crippen LogP) is 12.7. The first-order chi connectivity index (χ1) is 25.3. The first-order valence-corrected chi connectivity index (χ1v) is 17.7. The molecule has 9 aromatic rings. The quantitative estimate of drug-likeness (QED) is 0.189. The van der Waals surface area contributed by atoms with E-state index in [-0.39, 0.29) is 6.04 Å². The third-order valence-corrected chi connectivity index (χ3v) is 10.9. The number of hydrogen-bond donors (Lipinski definition) is 0. The van der Waals surface area contributed by atoms with E-state index in [1.807, 2.05) is 0 Å². The predicted molar refractivity (Wildman–Crippen MR) is 213 cm³/mol. The van der Waals surface area contributed by atoms with Crippen LogP contribution in [0.3, 0.4) is 0 Å². The van der Waals surface area contributed by atoms with E-state index in [1.165, 1.54) is 66.6 Å². The molecule has 0 N–H and O–H groups in total. The molecule has 1 aliphatic carbocycles. The Morgan fingerprint density at radius 3 is 2.14 bits per heavy atom. The van der Waals surface area contributed by atoms with Crippen LogP contribution in [0, 0.1) is 0 Å². The Balaban J connectivity index is 1.07. The molecule has 11 rings (SSSR count). The summed E-state index contributed by atoms with van der Waals surface area (Å²) in [6, 6.07) is 59.3. The average molecular weight is 653 g/mol.